The van der Waals surface area contributed by atoms with Crippen LogP contribution in [0.15, 0.2) is 60.1 Å². The molecule has 0 aliphatic heterocycles. The van der Waals surface area contributed by atoms with Crippen LogP contribution >= 0.6 is 22.9 Å². The molecule has 27 heavy (non-hydrogen) atoms. The monoisotopic (exact) mass is 401 g/mol. The fourth-order valence-corrected chi connectivity index (χ4v) is 3.56. The molecule has 1 aromatic carbocycles. The Morgan fingerprint density at radius 3 is 2.74 bits per heavy atom. The summed E-state index contributed by atoms with van der Waals surface area (Å²) in [6, 6.07) is 15.3. The van der Waals surface area contributed by atoms with Crippen LogP contribution in [0, 0.1) is 0 Å². The Balaban J connectivity index is 1.71. The van der Waals surface area contributed by atoms with Crippen molar-refractivity contribution in [3.05, 3.63) is 75.6 Å². The number of rotatable bonds is 8. The first-order valence-electron chi connectivity index (χ1n) is 8.42. The Hall–Kier alpha value is -2.41. The maximum Gasteiger partial charge on any atom is 0.239 e. The molecule has 0 fully saturated rings. The van der Waals surface area contributed by atoms with Crippen LogP contribution in [0.2, 0.25) is 5.02 Å². The van der Waals surface area contributed by atoms with Gasteiger partial charge in [-0.2, -0.15) is 0 Å². The normalized spacial score (nSPS) is 10.8. The molecule has 0 aliphatic rings. The molecule has 0 saturated carbocycles. The molecule has 1 N–H and O–H groups in total. The molecule has 140 valence electrons. The summed E-state index contributed by atoms with van der Waals surface area (Å²) in [5.74, 6) is 1.17. The Morgan fingerprint density at radius 2 is 2.04 bits per heavy atom. The van der Waals surface area contributed by atoms with Gasteiger partial charge in [-0.05, 0) is 29.6 Å². The van der Waals surface area contributed by atoms with Crippen molar-refractivity contribution in [2.24, 2.45) is 0 Å². The third kappa shape index (κ3) is 5.79. The zero-order chi connectivity index (χ0) is 19.1. The van der Waals surface area contributed by atoms with Crippen molar-refractivity contribution in [3.63, 3.8) is 0 Å². The number of hydrogen-bond donors (Lipinski definition) is 1. The van der Waals surface area contributed by atoms with Crippen LogP contribution in [0.3, 0.4) is 0 Å². The summed E-state index contributed by atoms with van der Waals surface area (Å²) < 4.78 is 5.45. The number of anilines is 1. The number of methoxy groups -OCH3 is 1. The molecule has 2 aromatic heterocycles. The predicted octanol–water partition coefficient (Wildman–Crippen LogP) is 4.45. The molecule has 1 amide bonds. The summed E-state index contributed by atoms with van der Waals surface area (Å²) in [5, 5.41) is 5.38. The number of amides is 1. The molecule has 5 nitrogen and oxygen atoms in total. The third-order valence-electron chi connectivity index (χ3n) is 3.91. The Bertz CT molecular complexity index is 869. The van der Waals surface area contributed by atoms with Gasteiger partial charge in [0.05, 0.1) is 18.7 Å². The molecule has 0 spiro atoms. The number of aromatic nitrogens is 1. The zero-order valence-corrected chi connectivity index (χ0v) is 16.5. The van der Waals surface area contributed by atoms with Crippen molar-refractivity contribution in [2.45, 2.75) is 13.1 Å². The highest BCUT2D eigenvalue weighted by Crippen LogP contribution is 2.21. The average Bonchev–Trinajstić information content (AvgIpc) is 3.17. The van der Waals surface area contributed by atoms with Gasteiger partial charge in [0.25, 0.3) is 0 Å². The third-order valence-corrected chi connectivity index (χ3v) is 4.99. The number of halogens is 1. The number of para-hydroxylation sites is 1. The lowest BCUT2D eigenvalue weighted by atomic mass is 10.2. The van der Waals surface area contributed by atoms with Gasteiger partial charge in [-0.1, -0.05) is 35.9 Å². The van der Waals surface area contributed by atoms with Gasteiger partial charge < -0.3 is 10.1 Å². The highest BCUT2D eigenvalue weighted by Gasteiger charge is 2.15. The van der Waals surface area contributed by atoms with E-state index in [0.29, 0.717) is 23.9 Å². The second-order valence-corrected chi connectivity index (χ2v) is 7.41. The van der Waals surface area contributed by atoms with Crippen molar-refractivity contribution in [1.29, 1.82) is 0 Å². The number of pyridine rings is 1. The number of hydrogen-bond acceptors (Lipinski definition) is 5. The van der Waals surface area contributed by atoms with Crippen LogP contribution in [-0.4, -0.2) is 29.4 Å². The predicted molar refractivity (Wildman–Crippen MR) is 109 cm³/mol. The van der Waals surface area contributed by atoms with Gasteiger partial charge in [-0.3, -0.25) is 9.69 Å². The van der Waals surface area contributed by atoms with E-state index < -0.39 is 0 Å². The lowest BCUT2D eigenvalue weighted by molar-refractivity contribution is -0.117. The topological polar surface area (TPSA) is 54.5 Å². The van der Waals surface area contributed by atoms with Gasteiger partial charge in [0, 0.05) is 29.7 Å². The highest BCUT2D eigenvalue weighted by atomic mass is 35.5. The summed E-state index contributed by atoms with van der Waals surface area (Å²) in [5.41, 5.74) is 1.04. The number of nitrogens with zero attached hydrogens (tertiary/aromatic N) is 2. The highest BCUT2D eigenvalue weighted by molar-refractivity contribution is 7.09. The van der Waals surface area contributed by atoms with Crippen molar-refractivity contribution >= 4 is 34.7 Å². The molecule has 7 heteroatoms. The number of nitrogens with one attached hydrogen (secondary N) is 1. The number of ether oxygens (including phenoxy) is 1. The molecule has 0 aliphatic carbocycles. The van der Waals surface area contributed by atoms with Crippen molar-refractivity contribution in [1.82, 2.24) is 9.88 Å². The van der Waals surface area contributed by atoms with Gasteiger partial charge >= 0.3 is 0 Å². The fraction of sp³-hybridized carbons (Fsp3) is 0.200. The summed E-state index contributed by atoms with van der Waals surface area (Å²) in [6.07, 6.45) is 1.51. The molecular formula is C20H20ClN3O2S. The summed E-state index contributed by atoms with van der Waals surface area (Å²) >= 11 is 7.51. The van der Waals surface area contributed by atoms with E-state index in [1.807, 2.05) is 35.7 Å². The van der Waals surface area contributed by atoms with E-state index in [-0.39, 0.29) is 12.5 Å². The molecule has 0 bridgehead atoms. The van der Waals surface area contributed by atoms with Crippen LogP contribution in [-0.2, 0) is 17.9 Å². The second-order valence-electron chi connectivity index (χ2n) is 5.95. The van der Waals surface area contributed by atoms with E-state index in [0.717, 1.165) is 11.3 Å². The number of carbonyl (C=O) groups excluding carboxylic acids is 1. The molecule has 0 saturated heterocycles. The standard InChI is InChI=1S/C20H20ClN3O2S/c1-26-18-7-3-2-5-15(18)12-24(13-17-6-4-10-27-17)14-20(25)23-19-9-8-16(21)11-22-19/h2-11H,12-14H2,1H3,(H,22,23,25). The van der Waals surface area contributed by atoms with E-state index >= 15 is 0 Å². The van der Waals surface area contributed by atoms with Crippen LogP contribution in [0.1, 0.15) is 10.4 Å². The second kappa shape index (κ2) is 9.50. The SMILES string of the molecule is COc1ccccc1CN(CC(=O)Nc1ccc(Cl)cn1)Cc1cccs1. The molecule has 3 aromatic rings. The van der Waals surface area contributed by atoms with Crippen LogP contribution < -0.4 is 10.1 Å². The molecular weight excluding hydrogens is 382 g/mol. The number of thiophene rings is 1. The van der Waals surface area contributed by atoms with Gasteiger partial charge in [0.15, 0.2) is 0 Å². The van der Waals surface area contributed by atoms with Crippen LogP contribution in [0.4, 0.5) is 5.82 Å². The zero-order valence-electron chi connectivity index (χ0n) is 14.9. The van der Waals surface area contributed by atoms with E-state index in [9.17, 15) is 4.79 Å². The van der Waals surface area contributed by atoms with Crippen molar-refractivity contribution in [2.75, 3.05) is 19.0 Å². The quantitative estimate of drug-likeness (QED) is 0.606. The molecule has 0 radical (unpaired) electrons. The first-order valence-corrected chi connectivity index (χ1v) is 9.68. The minimum Gasteiger partial charge on any atom is -0.496 e. The minimum absolute atomic E-state index is 0.128. The average molecular weight is 402 g/mol. The van der Waals surface area contributed by atoms with Crippen molar-refractivity contribution in [3.8, 4) is 5.75 Å². The van der Waals surface area contributed by atoms with E-state index in [2.05, 4.69) is 21.3 Å². The van der Waals surface area contributed by atoms with Crippen LogP contribution in [0.25, 0.3) is 0 Å². The molecule has 0 unspecified atom stereocenters. The van der Waals surface area contributed by atoms with Gasteiger partial charge in [-0.25, -0.2) is 4.98 Å². The molecule has 3 rings (SSSR count). The first-order chi connectivity index (χ1) is 13.1. The van der Waals surface area contributed by atoms with Crippen LogP contribution in [0.5, 0.6) is 5.75 Å². The lowest BCUT2D eigenvalue weighted by Crippen LogP contribution is -2.32. The smallest absolute Gasteiger partial charge is 0.239 e. The van der Waals surface area contributed by atoms with E-state index in [1.165, 1.54) is 11.1 Å². The first kappa shape index (κ1) is 19.4. The molecule has 2 heterocycles. The maximum absolute atomic E-state index is 12.5. The van der Waals surface area contributed by atoms with Gasteiger partial charge in [0.2, 0.25) is 5.91 Å². The van der Waals surface area contributed by atoms with Gasteiger partial charge in [-0.15, -0.1) is 11.3 Å². The Labute approximate surface area is 167 Å². The van der Waals surface area contributed by atoms with E-state index in [1.54, 1.807) is 30.6 Å². The van der Waals surface area contributed by atoms with E-state index in [4.69, 9.17) is 16.3 Å². The largest absolute Gasteiger partial charge is 0.496 e. The summed E-state index contributed by atoms with van der Waals surface area (Å²) in [7, 11) is 1.65. The maximum atomic E-state index is 12.5. The Morgan fingerprint density at radius 1 is 1.19 bits per heavy atom. The number of carbonyl (C=O) groups is 1. The fourth-order valence-electron chi connectivity index (χ4n) is 2.70. The lowest BCUT2D eigenvalue weighted by Gasteiger charge is -2.22. The molecule has 0 atom stereocenters. The summed E-state index contributed by atoms with van der Waals surface area (Å²) in [6.45, 7) is 1.51. The minimum atomic E-state index is -0.128. The van der Waals surface area contributed by atoms with Gasteiger partial charge in [0.1, 0.15) is 11.6 Å². The summed E-state index contributed by atoms with van der Waals surface area (Å²) in [4.78, 5) is 19.9. The van der Waals surface area contributed by atoms with Crippen molar-refractivity contribution < 1.29 is 9.53 Å². The number of benzene rings is 1. The Kier molecular flexibility index (Phi) is 6.81.